The van der Waals surface area contributed by atoms with Crippen LogP contribution in [0.2, 0.25) is 0 Å². The molecule has 4 atom stereocenters. The topological polar surface area (TPSA) is 27.7 Å². The van der Waals surface area contributed by atoms with Crippen molar-refractivity contribution < 1.29 is 18.6 Å². The molecule has 3 nitrogen and oxygen atoms in total. The molecule has 1 aliphatic heterocycles. The van der Waals surface area contributed by atoms with Gasteiger partial charge in [0.05, 0.1) is 18.8 Å². The van der Waals surface area contributed by atoms with Crippen LogP contribution >= 0.6 is 0 Å². The Hall–Kier alpha value is -0.970. The van der Waals surface area contributed by atoms with Crippen LogP contribution in [0.1, 0.15) is 39.4 Å². The summed E-state index contributed by atoms with van der Waals surface area (Å²) >= 11 is 0. The summed E-state index contributed by atoms with van der Waals surface area (Å²) in [5.41, 5.74) is 0.842. The van der Waals surface area contributed by atoms with Crippen LogP contribution in [-0.2, 0) is 14.2 Å². The fraction of sp³-hybridized carbons (Fsp3) is 0.647. The van der Waals surface area contributed by atoms with Crippen molar-refractivity contribution in [1.82, 2.24) is 0 Å². The van der Waals surface area contributed by atoms with Crippen molar-refractivity contribution in [2.24, 2.45) is 0 Å². The van der Waals surface area contributed by atoms with E-state index in [1.165, 1.54) is 0 Å². The molecule has 1 aromatic rings. The molecule has 0 aromatic heterocycles. The van der Waals surface area contributed by atoms with Gasteiger partial charge in [-0.25, -0.2) is 4.39 Å². The Morgan fingerprint density at radius 3 is 2.33 bits per heavy atom. The van der Waals surface area contributed by atoms with E-state index in [4.69, 9.17) is 14.2 Å². The number of alkyl halides is 1. The smallest absolute Gasteiger partial charge is 0.159 e. The van der Waals surface area contributed by atoms with Crippen LogP contribution in [0.25, 0.3) is 0 Å². The number of ether oxygens (including phenoxy) is 3. The summed E-state index contributed by atoms with van der Waals surface area (Å²) in [6.07, 6.45) is -2.70. The van der Waals surface area contributed by atoms with Crippen LogP contribution < -0.4 is 0 Å². The number of hydrogen-bond donors (Lipinski definition) is 0. The van der Waals surface area contributed by atoms with Gasteiger partial charge in [0.1, 0.15) is 18.3 Å². The van der Waals surface area contributed by atoms with Crippen LogP contribution in [0.5, 0.6) is 0 Å². The maximum atomic E-state index is 14.8. The molecular formula is C17H25FO3. The quantitative estimate of drug-likeness (QED) is 0.801. The summed E-state index contributed by atoms with van der Waals surface area (Å²) in [5, 5.41) is 0. The Kier molecular flexibility index (Phi) is 5.73. The highest BCUT2D eigenvalue weighted by molar-refractivity contribution is 5.21. The first kappa shape index (κ1) is 16.4. The Labute approximate surface area is 126 Å². The Bertz CT molecular complexity index is 421. The van der Waals surface area contributed by atoms with E-state index in [0.717, 1.165) is 5.56 Å². The van der Waals surface area contributed by atoms with Crippen molar-refractivity contribution in [2.45, 2.75) is 64.4 Å². The molecule has 0 unspecified atom stereocenters. The highest BCUT2D eigenvalue weighted by Gasteiger charge is 2.47. The SMILES string of the molecule is CC(C)OC[C@H]1O[C@@H](c2ccccc2)[C@H](F)[C@@H]1OC(C)C. The highest BCUT2D eigenvalue weighted by atomic mass is 19.1. The molecule has 1 heterocycles. The molecule has 4 heteroatoms. The van der Waals surface area contributed by atoms with E-state index in [2.05, 4.69) is 0 Å². The fourth-order valence-corrected chi connectivity index (χ4v) is 2.52. The van der Waals surface area contributed by atoms with Gasteiger partial charge in [-0.15, -0.1) is 0 Å². The third-order valence-corrected chi connectivity index (χ3v) is 3.44. The zero-order valence-corrected chi connectivity index (χ0v) is 13.2. The zero-order chi connectivity index (χ0) is 15.4. The average molecular weight is 296 g/mol. The molecule has 21 heavy (non-hydrogen) atoms. The van der Waals surface area contributed by atoms with Gasteiger partial charge in [0.2, 0.25) is 0 Å². The lowest BCUT2D eigenvalue weighted by Crippen LogP contribution is -2.36. The molecular weight excluding hydrogens is 271 g/mol. The molecule has 2 rings (SSSR count). The Balaban J connectivity index is 2.12. The van der Waals surface area contributed by atoms with E-state index in [0.29, 0.717) is 6.61 Å². The molecule has 0 aliphatic carbocycles. The molecule has 0 amide bonds. The van der Waals surface area contributed by atoms with Gasteiger partial charge in [-0.2, -0.15) is 0 Å². The maximum Gasteiger partial charge on any atom is 0.159 e. The second-order valence-electron chi connectivity index (χ2n) is 5.98. The molecule has 1 aliphatic rings. The highest BCUT2D eigenvalue weighted by Crippen LogP contribution is 2.37. The van der Waals surface area contributed by atoms with E-state index >= 15 is 0 Å². The summed E-state index contributed by atoms with van der Waals surface area (Å²) < 4.78 is 32.0. The third-order valence-electron chi connectivity index (χ3n) is 3.44. The number of halogens is 1. The van der Waals surface area contributed by atoms with E-state index < -0.39 is 18.4 Å². The minimum absolute atomic E-state index is 0.0482. The molecule has 0 saturated carbocycles. The number of benzene rings is 1. The van der Waals surface area contributed by atoms with E-state index in [1.54, 1.807) is 0 Å². The second-order valence-corrected chi connectivity index (χ2v) is 5.98. The van der Waals surface area contributed by atoms with Crippen LogP contribution in [0.3, 0.4) is 0 Å². The molecule has 1 aromatic carbocycles. The molecule has 118 valence electrons. The largest absolute Gasteiger partial charge is 0.376 e. The van der Waals surface area contributed by atoms with Gasteiger partial charge in [-0.05, 0) is 33.3 Å². The molecule has 1 saturated heterocycles. The molecule has 0 N–H and O–H groups in total. The van der Waals surface area contributed by atoms with Gasteiger partial charge >= 0.3 is 0 Å². The van der Waals surface area contributed by atoms with Gasteiger partial charge in [-0.1, -0.05) is 30.3 Å². The van der Waals surface area contributed by atoms with Crippen molar-refractivity contribution in [1.29, 1.82) is 0 Å². The van der Waals surface area contributed by atoms with Crippen LogP contribution in [0.15, 0.2) is 30.3 Å². The van der Waals surface area contributed by atoms with Crippen molar-refractivity contribution in [3.63, 3.8) is 0 Å². The van der Waals surface area contributed by atoms with E-state index in [-0.39, 0.29) is 18.3 Å². The molecule has 1 fully saturated rings. The van der Waals surface area contributed by atoms with Gasteiger partial charge < -0.3 is 14.2 Å². The minimum atomic E-state index is -1.18. The number of hydrogen-bond acceptors (Lipinski definition) is 3. The first-order chi connectivity index (χ1) is 9.99. The minimum Gasteiger partial charge on any atom is -0.376 e. The van der Waals surface area contributed by atoms with Gasteiger partial charge in [0.25, 0.3) is 0 Å². The summed E-state index contributed by atoms with van der Waals surface area (Å²) in [7, 11) is 0. The van der Waals surface area contributed by atoms with Crippen LogP contribution in [-0.4, -0.2) is 37.2 Å². The van der Waals surface area contributed by atoms with E-state index in [9.17, 15) is 4.39 Å². The van der Waals surface area contributed by atoms with Gasteiger partial charge in [-0.3, -0.25) is 0 Å². The van der Waals surface area contributed by atoms with Crippen LogP contribution in [0, 0.1) is 0 Å². The van der Waals surface area contributed by atoms with Crippen molar-refractivity contribution >= 4 is 0 Å². The monoisotopic (exact) mass is 296 g/mol. The van der Waals surface area contributed by atoms with Gasteiger partial charge in [0, 0.05) is 0 Å². The van der Waals surface area contributed by atoms with Gasteiger partial charge in [0.15, 0.2) is 6.17 Å². The predicted octanol–water partition coefficient (Wildman–Crippen LogP) is 3.68. The van der Waals surface area contributed by atoms with E-state index in [1.807, 2.05) is 58.0 Å². The normalized spacial score (nSPS) is 29.5. The zero-order valence-electron chi connectivity index (χ0n) is 13.2. The third kappa shape index (κ3) is 4.25. The molecule has 0 spiro atoms. The first-order valence-electron chi connectivity index (χ1n) is 7.60. The lowest BCUT2D eigenvalue weighted by atomic mass is 10.0. The lowest BCUT2D eigenvalue weighted by molar-refractivity contribution is -0.0904. The first-order valence-corrected chi connectivity index (χ1v) is 7.60. The number of rotatable bonds is 6. The van der Waals surface area contributed by atoms with Crippen molar-refractivity contribution in [3.05, 3.63) is 35.9 Å². The Morgan fingerprint density at radius 1 is 1.10 bits per heavy atom. The standard InChI is InChI=1S/C17H25FO3/c1-11(2)19-10-14-17(20-12(3)4)15(18)16(21-14)13-8-6-5-7-9-13/h5-9,11-12,14-17H,10H2,1-4H3/t14-,15+,16+,17-/m1/s1. The predicted molar refractivity (Wildman–Crippen MR) is 80.0 cm³/mol. The van der Waals surface area contributed by atoms with Crippen molar-refractivity contribution in [2.75, 3.05) is 6.61 Å². The van der Waals surface area contributed by atoms with Crippen LogP contribution in [0.4, 0.5) is 4.39 Å². The summed E-state index contributed by atoms with van der Waals surface area (Å²) in [5.74, 6) is 0. The Morgan fingerprint density at radius 2 is 1.76 bits per heavy atom. The summed E-state index contributed by atoms with van der Waals surface area (Å²) in [6.45, 7) is 8.06. The lowest BCUT2D eigenvalue weighted by Gasteiger charge is -2.22. The second kappa shape index (κ2) is 7.34. The summed E-state index contributed by atoms with van der Waals surface area (Å²) in [6, 6.07) is 9.46. The fourth-order valence-electron chi connectivity index (χ4n) is 2.52. The maximum absolute atomic E-state index is 14.8. The molecule has 0 radical (unpaired) electrons. The van der Waals surface area contributed by atoms with Crippen molar-refractivity contribution in [3.8, 4) is 0 Å². The summed E-state index contributed by atoms with van der Waals surface area (Å²) in [4.78, 5) is 0. The molecule has 0 bridgehead atoms. The average Bonchev–Trinajstić information content (AvgIpc) is 2.74.